The number of carbonyl (C=O) groups excluding carboxylic acids is 1. The van der Waals surface area contributed by atoms with Gasteiger partial charge in [-0.1, -0.05) is 42.3 Å². The monoisotopic (exact) mass is 266 g/mol. The van der Waals surface area contributed by atoms with Crippen molar-refractivity contribution in [1.82, 2.24) is 10.3 Å². The minimum absolute atomic E-state index is 0.166. The average molecular weight is 266 g/mol. The van der Waals surface area contributed by atoms with Gasteiger partial charge in [0.05, 0.1) is 6.54 Å². The molecule has 0 radical (unpaired) electrons. The SMILES string of the molecule is O=C(NCC#Cc1ccccn1)[C@H](O)c1ccccc1. The molecule has 100 valence electrons. The highest BCUT2D eigenvalue weighted by Gasteiger charge is 2.15. The summed E-state index contributed by atoms with van der Waals surface area (Å²) in [4.78, 5) is 15.8. The number of aliphatic hydroxyl groups is 1. The van der Waals surface area contributed by atoms with Crippen molar-refractivity contribution < 1.29 is 9.90 Å². The first-order chi connectivity index (χ1) is 9.77. The number of nitrogens with zero attached hydrogens (tertiary/aromatic N) is 1. The van der Waals surface area contributed by atoms with Gasteiger partial charge in [0.2, 0.25) is 0 Å². The molecule has 2 rings (SSSR count). The van der Waals surface area contributed by atoms with Gasteiger partial charge in [0.25, 0.3) is 5.91 Å². The third kappa shape index (κ3) is 3.94. The Bertz CT molecular complexity index is 615. The van der Waals surface area contributed by atoms with Crippen LogP contribution in [0.15, 0.2) is 54.7 Å². The average Bonchev–Trinajstić information content (AvgIpc) is 2.52. The number of pyridine rings is 1. The molecule has 1 atom stereocenters. The molecule has 0 saturated heterocycles. The van der Waals surface area contributed by atoms with Gasteiger partial charge in [-0.3, -0.25) is 4.79 Å². The summed E-state index contributed by atoms with van der Waals surface area (Å²) in [6.45, 7) is 0.166. The number of carbonyl (C=O) groups is 1. The molecule has 0 aliphatic rings. The fraction of sp³-hybridized carbons (Fsp3) is 0.125. The van der Waals surface area contributed by atoms with Crippen LogP contribution in [0.4, 0.5) is 0 Å². The topological polar surface area (TPSA) is 62.2 Å². The number of aromatic nitrogens is 1. The Morgan fingerprint density at radius 2 is 1.95 bits per heavy atom. The minimum atomic E-state index is -1.17. The molecule has 0 aliphatic heterocycles. The van der Waals surface area contributed by atoms with Crippen molar-refractivity contribution in [3.8, 4) is 11.8 Å². The van der Waals surface area contributed by atoms with Crippen molar-refractivity contribution in [2.45, 2.75) is 6.10 Å². The van der Waals surface area contributed by atoms with Gasteiger partial charge < -0.3 is 10.4 Å². The van der Waals surface area contributed by atoms with Crippen LogP contribution in [0.25, 0.3) is 0 Å². The third-order valence-electron chi connectivity index (χ3n) is 2.60. The van der Waals surface area contributed by atoms with E-state index in [1.54, 1.807) is 36.5 Å². The molecule has 1 aromatic heterocycles. The van der Waals surface area contributed by atoms with Gasteiger partial charge in [-0.05, 0) is 23.6 Å². The lowest BCUT2D eigenvalue weighted by Crippen LogP contribution is -2.29. The van der Waals surface area contributed by atoms with Crippen molar-refractivity contribution in [2.75, 3.05) is 6.54 Å². The number of hydrogen-bond acceptors (Lipinski definition) is 3. The van der Waals surface area contributed by atoms with Gasteiger partial charge >= 0.3 is 0 Å². The predicted molar refractivity (Wildman–Crippen MR) is 75.5 cm³/mol. The number of amides is 1. The van der Waals surface area contributed by atoms with E-state index in [4.69, 9.17) is 0 Å². The Labute approximate surface area is 117 Å². The first-order valence-corrected chi connectivity index (χ1v) is 6.18. The summed E-state index contributed by atoms with van der Waals surface area (Å²) in [6.07, 6.45) is 0.481. The van der Waals surface area contributed by atoms with Crippen LogP contribution in [0, 0.1) is 11.8 Å². The molecule has 1 heterocycles. The quantitative estimate of drug-likeness (QED) is 0.823. The van der Waals surface area contributed by atoms with Gasteiger partial charge in [-0.25, -0.2) is 4.98 Å². The third-order valence-corrected chi connectivity index (χ3v) is 2.60. The van der Waals surface area contributed by atoms with Crippen LogP contribution < -0.4 is 5.32 Å². The molecule has 4 heteroatoms. The second kappa shape index (κ2) is 7.07. The summed E-state index contributed by atoms with van der Waals surface area (Å²) < 4.78 is 0. The van der Waals surface area contributed by atoms with Crippen molar-refractivity contribution in [3.63, 3.8) is 0 Å². The predicted octanol–water partition coefficient (Wildman–Crippen LogP) is 1.28. The second-order valence-corrected chi connectivity index (χ2v) is 4.05. The molecule has 1 aromatic carbocycles. The van der Waals surface area contributed by atoms with Crippen LogP contribution in [-0.2, 0) is 4.79 Å². The lowest BCUT2D eigenvalue weighted by atomic mass is 10.1. The zero-order valence-electron chi connectivity index (χ0n) is 10.8. The number of aliphatic hydroxyl groups excluding tert-OH is 1. The number of nitrogens with one attached hydrogen (secondary N) is 1. The van der Waals surface area contributed by atoms with Crippen LogP contribution in [0.5, 0.6) is 0 Å². The van der Waals surface area contributed by atoms with Crippen LogP contribution in [0.1, 0.15) is 17.4 Å². The minimum Gasteiger partial charge on any atom is -0.378 e. The number of benzene rings is 1. The Balaban J connectivity index is 1.86. The van der Waals surface area contributed by atoms with E-state index in [-0.39, 0.29) is 6.54 Å². The van der Waals surface area contributed by atoms with Crippen LogP contribution in [-0.4, -0.2) is 22.5 Å². The largest absolute Gasteiger partial charge is 0.378 e. The maximum atomic E-state index is 11.7. The number of hydrogen-bond donors (Lipinski definition) is 2. The van der Waals surface area contributed by atoms with Crippen molar-refractivity contribution in [3.05, 3.63) is 66.0 Å². The molecule has 2 N–H and O–H groups in total. The molecule has 0 spiro atoms. The smallest absolute Gasteiger partial charge is 0.254 e. The summed E-state index contributed by atoms with van der Waals surface area (Å²) >= 11 is 0. The number of rotatable bonds is 3. The highest BCUT2D eigenvalue weighted by atomic mass is 16.3. The maximum absolute atomic E-state index is 11.7. The zero-order chi connectivity index (χ0) is 14.2. The first kappa shape index (κ1) is 13.8. The Hall–Kier alpha value is -2.64. The summed E-state index contributed by atoms with van der Waals surface area (Å²) in [5, 5.41) is 12.4. The molecule has 20 heavy (non-hydrogen) atoms. The van der Waals surface area contributed by atoms with Crippen molar-refractivity contribution >= 4 is 5.91 Å². The fourth-order valence-corrected chi connectivity index (χ4v) is 1.59. The molecule has 1 amide bonds. The van der Waals surface area contributed by atoms with Crippen molar-refractivity contribution in [1.29, 1.82) is 0 Å². The first-order valence-electron chi connectivity index (χ1n) is 6.18. The standard InChI is InChI=1S/C16H14N2O2/c19-15(13-7-2-1-3-8-13)16(20)18-12-6-10-14-9-4-5-11-17-14/h1-5,7-9,11,15,19H,12H2,(H,18,20)/t15-/m1/s1. The summed E-state index contributed by atoms with van der Waals surface area (Å²) in [7, 11) is 0. The Morgan fingerprint density at radius 1 is 1.20 bits per heavy atom. The van der Waals surface area contributed by atoms with E-state index in [1.807, 2.05) is 18.2 Å². The highest BCUT2D eigenvalue weighted by Crippen LogP contribution is 2.11. The summed E-state index contributed by atoms with van der Waals surface area (Å²) in [5.41, 5.74) is 1.20. The highest BCUT2D eigenvalue weighted by molar-refractivity contribution is 5.82. The normalized spacial score (nSPS) is 11.1. The molecular weight excluding hydrogens is 252 g/mol. The second-order valence-electron chi connectivity index (χ2n) is 4.05. The van der Waals surface area contributed by atoms with Crippen LogP contribution in [0.3, 0.4) is 0 Å². The molecule has 0 fully saturated rings. The van der Waals surface area contributed by atoms with E-state index in [9.17, 15) is 9.90 Å². The zero-order valence-corrected chi connectivity index (χ0v) is 10.8. The fourth-order valence-electron chi connectivity index (χ4n) is 1.59. The molecule has 4 nitrogen and oxygen atoms in total. The molecule has 0 bridgehead atoms. The van der Waals surface area contributed by atoms with Gasteiger partial charge in [-0.15, -0.1) is 0 Å². The van der Waals surface area contributed by atoms with E-state index >= 15 is 0 Å². The molecule has 0 aliphatic carbocycles. The van der Waals surface area contributed by atoms with Crippen LogP contribution in [0.2, 0.25) is 0 Å². The van der Waals surface area contributed by atoms with E-state index in [1.165, 1.54) is 0 Å². The van der Waals surface area contributed by atoms with E-state index in [2.05, 4.69) is 22.1 Å². The summed E-state index contributed by atoms with van der Waals surface area (Å²) in [5.74, 6) is 5.14. The Morgan fingerprint density at radius 3 is 2.65 bits per heavy atom. The lowest BCUT2D eigenvalue weighted by molar-refractivity contribution is -0.129. The van der Waals surface area contributed by atoms with Gasteiger partial charge in [0.15, 0.2) is 6.10 Å². The molecule has 0 saturated carbocycles. The van der Waals surface area contributed by atoms with Crippen LogP contribution >= 0.6 is 0 Å². The van der Waals surface area contributed by atoms with E-state index < -0.39 is 12.0 Å². The van der Waals surface area contributed by atoms with E-state index in [0.29, 0.717) is 11.3 Å². The molecule has 2 aromatic rings. The van der Waals surface area contributed by atoms with Crippen molar-refractivity contribution in [2.24, 2.45) is 0 Å². The molecular formula is C16H14N2O2. The van der Waals surface area contributed by atoms with Gasteiger partial charge in [-0.2, -0.15) is 0 Å². The summed E-state index contributed by atoms with van der Waals surface area (Å²) in [6, 6.07) is 14.2. The maximum Gasteiger partial charge on any atom is 0.254 e. The van der Waals surface area contributed by atoms with E-state index in [0.717, 1.165) is 0 Å². The Kier molecular flexibility index (Phi) is 4.87. The molecule has 0 unspecified atom stereocenters. The van der Waals surface area contributed by atoms with Gasteiger partial charge in [0.1, 0.15) is 5.69 Å². The lowest BCUT2D eigenvalue weighted by Gasteiger charge is -2.09. The van der Waals surface area contributed by atoms with Gasteiger partial charge in [0, 0.05) is 6.20 Å².